The number of hydrogen-bond donors (Lipinski definition) is 1. The molecule has 1 aromatic carbocycles. The molecule has 0 aliphatic rings. The first-order valence-electron chi connectivity index (χ1n) is 5.29. The van der Waals surface area contributed by atoms with Crippen LogP contribution in [0.1, 0.15) is 24.2 Å². The van der Waals surface area contributed by atoms with Gasteiger partial charge in [-0.05, 0) is 38.1 Å². The summed E-state index contributed by atoms with van der Waals surface area (Å²) in [6, 6.07) is 7.26. The second-order valence-electron chi connectivity index (χ2n) is 3.48. The van der Waals surface area contributed by atoms with Crippen LogP contribution in [0.5, 0.6) is 0 Å². The first-order chi connectivity index (χ1) is 7.63. The standard InChI is InChI=1S/C12H16BrNO2/c1-3-16-9(2)8-14-12(15)10-4-6-11(13)7-5-10/h4-7,9H,3,8H2,1-2H3,(H,14,15). The number of benzene rings is 1. The summed E-state index contributed by atoms with van der Waals surface area (Å²) in [7, 11) is 0. The first-order valence-corrected chi connectivity index (χ1v) is 6.08. The maximum absolute atomic E-state index is 11.7. The van der Waals surface area contributed by atoms with Crippen LogP contribution < -0.4 is 5.32 Å². The lowest BCUT2D eigenvalue weighted by atomic mass is 10.2. The second kappa shape index (κ2) is 6.66. The minimum absolute atomic E-state index is 0.0457. The summed E-state index contributed by atoms with van der Waals surface area (Å²) >= 11 is 3.33. The maximum Gasteiger partial charge on any atom is 0.251 e. The van der Waals surface area contributed by atoms with Crippen molar-refractivity contribution < 1.29 is 9.53 Å². The van der Waals surface area contributed by atoms with E-state index < -0.39 is 0 Å². The molecular weight excluding hydrogens is 270 g/mol. The van der Waals surface area contributed by atoms with E-state index in [1.165, 1.54) is 0 Å². The highest BCUT2D eigenvalue weighted by Crippen LogP contribution is 2.10. The van der Waals surface area contributed by atoms with Crippen LogP contribution in [-0.2, 0) is 4.74 Å². The molecule has 4 heteroatoms. The van der Waals surface area contributed by atoms with Crippen LogP contribution in [0.4, 0.5) is 0 Å². The number of amides is 1. The Morgan fingerprint density at radius 2 is 2.06 bits per heavy atom. The molecule has 88 valence electrons. The van der Waals surface area contributed by atoms with E-state index in [2.05, 4.69) is 21.2 Å². The van der Waals surface area contributed by atoms with Crippen molar-refractivity contribution in [3.05, 3.63) is 34.3 Å². The predicted octanol–water partition coefficient (Wildman–Crippen LogP) is 2.60. The largest absolute Gasteiger partial charge is 0.377 e. The lowest BCUT2D eigenvalue weighted by Crippen LogP contribution is -2.32. The number of ether oxygens (including phenoxy) is 1. The van der Waals surface area contributed by atoms with Gasteiger partial charge in [-0.25, -0.2) is 0 Å². The number of carbonyl (C=O) groups excluding carboxylic acids is 1. The molecule has 1 aromatic rings. The van der Waals surface area contributed by atoms with E-state index in [1.807, 2.05) is 26.0 Å². The summed E-state index contributed by atoms with van der Waals surface area (Å²) in [5.41, 5.74) is 0.659. The molecule has 1 unspecified atom stereocenters. The van der Waals surface area contributed by atoms with E-state index in [0.717, 1.165) is 4.47 Å². The fourth-order valence-corrected chi connectivity index (χ4v) is 1.55. The normalized spacial score (nSPS) is 12.2. The van der Waals surface area contributed by atoms with E-state index in [1.54, 1.807) is 12.1 Å². The molecule has 0 aliphatic heterocycles. The third-order valence-corrected chi connectivity index (χ3v) is 2.64. The Morgan fingerprint density at radius 3 is 2.62 bits per heavy atom. The van der Waals surface area contributed by atoms with Crippen molar-refractivity contribution in [1.82, 2.24) is 5.32 Å². The molecule has 0 aromatic heterocycles. The number of rotatable bonds is 5. The fourth-order valence-electron chi connectivity index (χ4n) is 1.28. The van der Waals surface area contributed by atoms with Gasteiger partial charge in [0.2, 0.25) is 0 Å². The first kappa shape index (κ1) is 13.2. The lowest BCUT2D eigenvalue weighted by molar-refractivity contribution is 0.0695. The molecule has 0 saturated carbocycles. The molecule has 3 nitrogen and oxygen atoms in total. The summed E-state index contributed by atoms with van der Waals surface area (Å²) < 4.78 is 6.29. The summed E-state index contributed by atoms with van der Waals surface area (Å²) in [6.07, 6.45) is 0.0457. The smallest absolute Gasteiger partial charge is 0.251 e. The van der Waals surface area contributed by atoms with Gasteiger partial charge >= 0.3 is 0 Å². The molecule has 0 heterocycles. The molecule has 16 heavy (non-hydrogen) atoms. The number of carbonyl (C=O) groups is 1. The molecule has 1 atom stereocenters. The van der Waals surface area contributed by atoms with E-state index in [0.29, 0.717) is 18.7 Å². The molecule has 0 aliphatic carbocycles. The Hall–Kier alpha value is -0.870. The average molecular weight is 286 g/mol. The third kappa shape index (κ3) is 4.33. The van der Waals surface area contributed by atoms with Crippen molar-refractivity contribution >= 4 is 21.8 Å². The number of hydrogen-bond acceptors (Lipinski definition) is 2. The van der Waals surface area contributed by atoms with Gasteiger partial charge < -0.3 is 10.1 Å². The zero-order valence-electron chi connectivity index (χ0n) is 9.50. The minimum atomic E-state index is -0.0703. The average Bonchev–Trinajstić information content (AvgIpc) is 2.27. The van der Waals surface area contributed by atoms with Gasteiger partial charge in [-0.15, -0.1) is 0 Å². The monoisotopic (exact) mass is 285 g/mol. The van der Waals surface area contributed by atoms with Crippen LogP contribution in [0.15, 0.2) is 28.7 Å². The Kier molecular flexibility index (Phi) is 5.49. The van der Waals surface area contributed by atoms with Crippen molar-refractivity contribution in [1.29, 1.82) is 0 Å². The van der Waals surface area contributed by atoms with E-state index >= 15 is 0 Å². The van der Waals surface area contributed by atoms with Crippen LogP contribution >= 0.6 is 15.9 Å². The highest BCUT2D eigenvalue weighted by atomic mass is 79.9. The Morgan fingerprint density at radius 1 is 1.44 bits per heavy atom. The van der Waals surface area contributed by atoms with Gasteiger partial charge in [0.05, 0.1) is 6.10 Å². The van der Waals surface area contributed by atoms with Gasteiger partial charge in [0.15, 0.2) is 0 Å². The van der Waals surface area contributed by atoms with Gasteiger partial charge in [-0.2, -0.15) is 0 Å². The molecule has 0 fully saturated rings. The van der Waals surface area contributed by atoms with Gasteiger partial charge in [0.25, 0.3) is 5.91 Å². The zero-order chi connectivity index (χ0) is 12.0. The Labute approximate surface area is 104 Å². The molecule has 0 bridgehead atoms. The van der Waals surface area contributed by atoms with Gasteiger partial charge in [0.1, 0.15) is 0 Å². The topological polar surface area (TPSA) is 38.3 Å². The third-order valence-electron chi connectivity index (χ3n) is 2.11. The van der Waals surface area contributed by atoms with Gasteiger partial charge in [-0.3, -0.25) is 4.79 Å². The predicted molar refractivity (Wildman–Crippen MR) is 67.6 cm³/mol. The lowest BCUT2D eigenvalue weighted by Gasteiger charge is -2.12. The molecule has 0 spiro atoms. The maximum atomic E-state index is 11.7. The molecule has 0 saturated heterocycles. The van der Waals surface area contributed by atoms with Crippen molar-refractivity contribution in [2.75, 3.05) is 13.2 Å². The van der Waals surface area contributed by atoms with Crippen LogP contribution in [0.25, 0.3) is 0 Å². The van der Waals surface area contributed by atoms with Crippen LogP contribution in [0.2, 0.25) is 0 Å². The highest BCUT2D eigenvalue weighted by molar-refractivity contribution is 9.10. The van der Waals surface area contributed by atoms with Crippen molar-refractivity contribution in [3.8, 4) is 0 Å². The van der Waals surface area contributed by atoms with E-state index in [9.17, 15) is 4.79 Å². The zero-order valence-corrected chi connectivity index (χ0v) is 11.1. The number of nitrogens with one attached hydrogen (secondary N) is 1. The second-order valence-corrected chi connectivity index (χ2v) is 4.40. The number of halogens is 1. The summed E-state index contributed by atoms with van der Waals surface area (Å²) in [6.45, 7) is 5.07. The van der Waals surface area contributed by atoms with Crippen LogP contribution in [0, 0.1) is 0 Å². The van der Waals surface area contributed by atoms with Crippen molar-refractivity contribution in [2.24, 2.45) is 0 Å². The van der Waals surface area contributed by atoms with Gasteiger partial charge in [-0.1, -0.05) is 15.9 Å². The summed E-state index contributed by atoms with van der Waals surface area (Å²) in [4.78, 5) is 11.7. The molecular formula is C12H16BrNO2. The van der Waals surface area contributed by atoms with E-state index in [-0.39, 0.29) is 12.0 Å². The molecule has 1 amide bonds. The molecule has 0 radical (unpaired) electrons. The SMILES string of the molecule is CCOC(C)CNC(=O)c1ccc(Br)cc1. The molecule has 1 rings (SSSR count). The summed E-state index contributed by atoms with van der Waals surface area (Å²) in [5, 5.41) is 2.82. The minimum Gasteiger partial charge on any atom is -0.377 e. The summed E-state index contributed by atoms with van der Waals surface area (Å²) in [5.74, 6) is -0.0703. The van der Waals surface area contributed by atoms with Gasteiger partial charge in [0, 0.05) is 23.2 Å². The quantitative estimate of drug-likeness (QED) is 0.903. The highest BCUT2D eigenvalue weighted by Gasteiger charge is 2.07. The molecule has 1 N–H and O–H groups in total. The van der Waals surface area contributed by atoms with E-state index in [4.69, 9.17) is 4.74 Å². The Bertz CT molecular complexity index is 337. The van der Waals surface area contributed by atoms with Crippen molar-refractivity contribution in [3.63, 3.8) is 0 Å². The van der Waals surface area contributed by atoms with Crippen LogP contribution in [0.3, 0.4) is 0 Å². The fraction of sp³-hybridized carbons (Fsp3) is 0.417. The van der Waals surface area contributed by atoms with Crippen LogP contribution in [-0.4, -0.2) is 25.2 Å². The Balaban J connectivity index is 2.43. The van der Waals surface area contributed by atoms with Crippen molar-refractivity contribution in [2.45, 2.75) is 20.0 Å².